The Labute approximate surface area is 192 Å². The van der Waals surface area contributed by atoms with Gasteiger partial charge in [0.05, 0.1) is 25.8 Å². The zero-order valence-electron chi connectivity index (χ0n) is 17.8. The lowest BCUT2D eigenvalue weighted by Gasteiger charge is -2.32. The Kier molecular flexibility index (Phi) is 13.3. The summed E-state index contributed by atoms with van der Waals surface area (Å²) in [4.78, 5) is 9.80. The fourth-order valence-corrected chi connectivity index (χ4v) is 4.19. The van der Waals surface area contributed by atoms with Gasteiger partial charge in [-0.1, -0.05) is 13.8 Å². The second-order valence-electron chi connectivity index (χ2n) is 6.89. The summed E-state index contributed by atoms with van der Waals surface area (Å²) in [6.07, 6.45) is 0. The first-order valence-corrected chi connectivity index (χ1v) is 11.2. The summed E-state index contributed by atoms with van der Waals surface area (Å²) in [6.45, 7) is 17.1. The predicted molar refractivity (Wildman–Crippen MR) is 131 cm³/mol. The molecule has 0 bridgehead atoms. The highest BCUT2D eigenvalue weighted by molar-refractivity contribution is 14.0. The number of rotatable bonds is 10. The summed E-state index contributed by atoms with van der Waals surface area (Å²) < 4.78 is 5.45. The second kappa shape index (κ2) is 14.5. The Bertz CT molecular complexity index is 533. The van der Waals surface area contributed by atoms with Crippen molar-refractivity contribution in [2.75, 3.05) is 59.0 Å². The number of hydrogen-bond donors (Lipinski definition) is 2. The Morgan fingerprint density at radius 1 is 1.25 bits per heavy atom. The molecule has 28 heavy (non-hydrogen) atoms. The van der Waals surface area contributed by atoms with Crippen LogP contribution in [0, 0.1) is 0 Å². The van der Waals surface area contributed by atoms with Crippen LogP contribution in [0.5, 0.6) is 0 Å². The fourth-order valence-electron chi connectivity index (χ4n) is 3.48. The maximum Gasteiger partial charge on any atom is 0.191 e. The van der Waals surface area contributed by atoms with E-state index in [1.807, 2.05) is 0 Å². The van der Waals surface area contributed by atoms with E-state index < -0.39 is 0 Å². The van der Waals surface area contributed by atoms with Crippen molar-refractivity contribution < 1.29 is 4.74 Å². The van der Waals surface area contributed by atoms with E-state index in [0.717, 1.165) is 65.0 Å². The average Bonchev–Trinajstić information content (AvgIpc) is 3.24. The summed E-state index contributed by atoms with van der Waals surface area (Å²) in [7, 11) is 0. The SMILES string of the molecule is CCNC(=NCC(C)N1CCOCC1)NCC(c1ccsc1)N(CC)CC.I. The molecule has 2 heterocycles. The molecule has 1 aromatic rings. The van der Waals surface area contributed by atoms with Gasteiger partial charge in [0.1, 0.15) is 0 Å². The molecule has 0 saturated carbocycles. The summed E-state index contributed by atoms with van der Waals surface area (Å²) in [5.74, 6) is 0.907. The van der Waals surface area contributed by atoms with Gasteiger partial charge < -0.3 is 15.4 Å². The highest BCUT2D eigenvalue weighted by Gasteiger charge is 2.19. The van der Waals surface area contributed by atoms with Gasteiger partial charge in [0.15, 0.2) is 5.96 Å². The molecule has 0 aromatic carbocycles. The molecular formula is C20H38IN5OS. The largest absolute Gasteiger partial charge is 0.379 e. The first-order valence-electron chi connectivity index (χ1n) is 10.3. The van der Waals surface area contributed by atoms with Gasteiger partial charge in [0, 0.05) is 32.2 Å². The molecule has 162 valence electrons. The molecule has 1 aliphatic heterocycles. The number of aliphatic imine (C=N–C) groups is 1. The number of hydrogen-bond acceptors (Lipinski definition) is 5. The van der Waals surface area contributed by atoms with Crippen LogP contribution < -0.4 is 10.6 Å². The fraction of sp³-hybridized carbons (Fsp3) is 0.750. The number of thiophene rings is 1. The molecule has 0 aliphatic carbocycles. The number of likely N-dealkylation sites (N-methyl/N-ethyl adjacent to an activating group) is 1. The molecule has 0 radical (unpaired) electrons. The van der Waals surface area contributed by atoms with Crippen LogP contribution in [0.2, 0.25) is 0 Å². The van der Waals surface area contributed by atoms with Crippen molar-refractivity contribution in [2.45, 2.75) is 39.8 Å². The smallest absolute Gasteiger partial charge is 0.191 e. The minimum Gasteiger partial charge on any atom is -0.379 e. The molecule has 6 nitrogen and oxygen atoms in total. The third-order valence-corrected chi connectivity index (χ3v) is 5.87. The Morgan fingerprint density at radius 2 is 1.96 bits per heavy atom. The van der Waals surface area contributed by atoms with Crippen LogP contribution in [0.1, 0.15) is 39.3 Å². The molecule has 1 aliphatic rings. The van der Waals surface area contributed by atoms with E-state index in [1.54, 1.807) is 11.3 Å². The quantitative estimate of drug-likeness (QED) is 0.281. The number of halogens is 1. The van der Waals surface area contributed by atoms with Crippen molar-refractivity contribution in [3.8, 4) is 0 Å². The van der Waals surface area contributed by atoms with Gasteiger partial charge in [-0.15, -0.1) is 24.0 Å². The van der Waals surface area contributed by atoms with Gasteiger partial charge in [0.25, 0.3) is 0 Å². The van der Waals surface area contributed by atoms with E-state index in [1.165, 1.54) is 5.56 Å². The highest BCUT2D eigenvalue weighted by atomic mass is 127. The number of nitrogens with zero attached hydrogens (tertiary/aromatic N) is 3. The number of nitrogens with one attached hydrogen (secondary N) is 2. The van der Waals surface area contributed by atoms with Crippen molar-refractivity contribution in [1.82, 2.24) is 20.4 Å². The summed E-state index contributed by atoms with van der Waals surface area (Å²) in [5, 5.41) is 11.4. The molecule has 8 heteroatoms. The molecule has 1 aromatic heterocycles. The van der Waals surface area contributed by atoms with E-state index in [9.17, 15) is 0 Å². The molecular weight excluding hydrogens is 485 g/mol. The van der Waals surface area contributed by atoms with Gasteiger partial charge in [-0.2, -0.15) is 11.3 Å². The van der Waals surface area contributed by atoms with Gasteiger partial charge >= 0.3 is 0 Å². The maximum absolute atomic E-state index is 5.45. The lowest BCUT2D eigenvalue weighted by Crippen LogP contribution is -2.45. The molecule has 0 spiro atoms. The van der Waals surface area contributed by atoms with Crippen LogP contribution >= 0.6 is 35.3 Å². The summed E-state index contributed by atoms with van der Waals surface area (Å²) in [5.41, 5.74) is 1.38. The number of ether oxygens (including phenoxy) is 1. The van der Waals surface area contributed by atoms with Crippen LogP contribution in [0.25, 0.3) is 0 Å². The van der Waals surface area contributed by atoms with Crippen LogP contribution in [0.4, 0.5) is 0 Å². The third kappa shape index (κ3) is 8.14. The lowest BCUT2D eigenvalue weighted by molar-refractivity contribution is 0.0220. The van der Waals surface area contributed by atoms with E-state index in [4.69, 9.17) is 9.73 Å². The Hall–Kier alpha value is -0.420. The molecule has 2 atom stereocenters. The topological polar surface area (TPSA) is 52.1 Å². The van der Waals surface area contributed by atoms with Gasteiger partial charge in [-0.05, 0) is 49.3 Å². The number of morpholine rings is 1. The van der Waals surface area contributed by atoms with Gasteiger partial charge in [0.2, 0.25) is 0 Å². The second-order valence-corrected chi connectivity index (χ2v) is 7.67. The minimum absolute atomic E-state index is 0. The standard InChI is InChI=1S/C20H37N5OS.HI/c1-5-21-20(22-14-17(4)25-9-11-26-12-10-25)23-15-19(24(6-2)7-3)18-8-13-27-16-18;/h8,13,16-17,19H,5-7,9-12,14-15H2,1-4H3,(H2,21,22,23);1H. The monoisotopic (exact) mass is 523 g/mol. The van der Waals surface area contributed by atoms with Crippen molar-refractivity contribution in [3.05, 3.63) is 22.4 Å². The first kappa shape index (κ1) is 25.6. The molecule has 0 amide bonds. The molecule has 2 N–H and O–H groups in total. The van der Waals surface area contributed by atoms with Gasteiger partial charge in [-0.25, -0.2) is 0 Å². The maximum atomic E-state index is 5.45. The number of guanidine groups is 1. The Morgan fingerprint density at radius 3 is 2.54 bits per heavy atom. The molecule has 2 rings (SSSR count). The van der Waals surface area contributed by atoms with Crippen molar-refractivity contribution in [1.29, 1.82) is 0 Å². The van der Waals surface area contributed by atoms with E-state index in [2.05, 4.69) is 65.0 Å². The van der Waals surface area contributed by atoms with E-state index >= 15 is 0 Å². The third-order valence-electron chi connectivity index (χ3n) is 5.17. The molecule has 2 unspecified atom stereocenters. The highest BCUT2D eigenvalue weighted by Crippen LogP contribution is 2.22. The van der Waals surface area contributed by atoms with E-state index in [-0.39, 0.29) is 24.0 Å². The summed E-state index contributed by atoms with van der Waals surface area (Å²) in [6, 6.07) is 3.03. The first-order chi connectivity index (χ1) is 13.2. The van der Waals surface area contributed by atoms with Crippen LogP contribution in [-0.2, 0) is 4.74 Å². The van der Waals surface area contributed by atoms with Crippen LogP contribution in [0.15, 0.2) is 21.8 Å². The van der Waals surface area contributed by atoms with Gasteiger partial charge in [-0.3, -0.25) is 14.8 Å². The van der Waals surface area contributed by atoms with Crippen molar-refractivity contribution in [3.63, 3.8) is 0 Å². The zero-order chi connectivity index (χ0) is 19.5. The van der Waals surface area contributed by atoms with Crippen LogP contribution in [0.3, 0.4) is 0 Å². The Balaban J connectivity index is 0.00000392. The normalized spacial score (nSPS) is 17.8. The average molecular weight is 524 g/mol. The molecule has 1 saturated heterocycles. The van der Waals surface area contributed by atoms with Crippen molar-refractivity contribution >= 4 is 41.3 Å². The zero-order valence-corrected chi connectivity index (χ0v) is 21.0. The van der Waals surface area contributed by atoms with Crippen molar-refractivity contribution in [2.24, 2.45) is 4.99 Å². The summed E-state index contributed by atoms with van der Waals surface area (Å²) >= 11 is 1.76. The minimum atomic E-state index is 0. The van der Waals surface area contributed by atoms with Crippen LogP contribution in [-0.4, -0.2) is 80.8 Å². The lowest BCUT2D eigenvalue weighted by atomic mass is 10.1. The predicted octanol–water partition coefficient (Wildman–Crippen LogP) is 3.02. The molecule has 1 fully saturated rings. The van der Waals surface area contributed by atoms with E-state index in [0.29, 0.717) is 12.1 Å².